The third kappa shape index (κ3) is 3.44. The number of nitrogens with zero attached hydrogens (tertiary/aromatic N) is 4. The first kappa shape index (κ1) is 18.7. The van der Waals surface area contributed by atoms with Gasteiger partial charge in [0.2, 0.25) is 0 Å². The minimum atomic E-state index is -0.224. The number of hydrogen-bond donors (Lipinski definition) is 1. The molecule has 0 radical (unpaired) electrons. The number of benzene rings is 2. The van der Waals surface area contributed by atoms with Crippen LogP contribution < -0.4 is 5.56 Å². The van der Waals surface area contributed by atoms with Crippen molar-refractivity contribution in [2.45, 2.75) is 6.92 Å². The largest absolute Gasteiger partial charge is 0.272 e. The molecule has 6 nitrogen and oxygen atoms in total. The number of H-pyrrole nitrogens is 1. The molecule has 2 heterocycles. The van der Waals surface area contributed by atoms with E-state index < -0.39 is 0 Å². The lowest BCUT2D eigenvalue weighted by molar-refractivity contribution is 0.760. The molecule has 0 unspecified atom stereocenters. The fraction of sp³-hybridized carbons (Fsp3) is 0.0909. The Hall–Kier alpha value is -3.69. The SMILES string of the molecule is Cc1n[nH]c(=O)c2ccc(-c3cnn(C)c3C=C(C#N)c3ccc(Cl)cc3)cc12. The number of halogens is 1. The standard InChI is InChI=1S/C22H16ClN5O/c1-13-19-9-15(5-8-18(19)22(29)27-26-13)20-12-25-28(2)21(20)10-16(11-24)14-3-6-17(23)7-4-14/h3-10,12H,1-2H3,(H,27,29). The molecule has 4 aromatic rings. The molecule has 2 aromatic heterocycles. The van der Waals surface area contributed by atoms with E-state index in [0.717, 1.165) is 33.5 Å². The topological polar surface area (TPSA) is 87.4 Å². The van der Waals surface area contributed by atoms with Crippen molar-refractivity contribution in [3.63, 3.8) is 0 Å². The second kappa shape index (κ2) is 7.38. The van der Waals surface area contributed by atoms with E-state index in [2.05, 4.69) is 21.4 Å². The van der Waals surface area contributed by atoms with Crippen molar-refractivity contribution in [1.29, 1.82) is 5.26 Å². The predicted octanol–water partition coefficient (Wildman–Crippen LogP) is 4.35. The summed E-state index contributed by atoms with van der Waals surface area (Å²) in [5.74, 6) is 0. The number of aromatic nitrogens is 4. The summed E-state index contributed by atoms with van der Waals surface area (Å²) < 4.78 is 1.72. The zero-order valence-corrected chi connectivity index (χ0v) is 16.5. The maximum absolute atomic E-state index is 12.0. The van der Waals surface area contributed by atoms with Crippen LogP contribution in [0.2, 0.25) is 5.02 Å². The maximum Gasteiger partial charge on any atom is 0.272 e. The highest BCUT2D eigenvalue weighted by Gasteiger charge is 2.13. The summed E-state index contributed by atoms with van der Waals surface area (Å²) in [5, 5.41) is 22.6. The van der Waals surface area contributed by atoms with E-state index >= 15 is 0 Å². The summed E-state index contributed by atoms with van der Waals surface area (Å²) in [4.78, 5) is 12.0. The Morgan fingerprint density at radius 3 is 2.69 bits per heavy atom. The van der Waals surface area contributed by atoms with Gasteiger partial charge in [-0.3, -0.25) is 9.48 Å². The van der Waals surface area contributed by atoms with Crippen LogP contribution in [-0.2, 0) is 7.05 Å². The van der Waals surface area contributed by atoms with E-state index in [9.17, 15) is 10.1 Å². The molecule has 0 atom stereocenters. The Balaban J connectivity index is 1.87. The van der Waals surface area contributed by atoms with Crippen LogP contribution in [0.3, 0.4) is 0 Å². The Morgan fingerprint density at radius 2 is 1.97 bits per heavy atom. The van der Waals surface area contributed by atoms with Crippen LogP contribution in [-0.4, -0.2) is 20.0 Å². The molecule has 0 saturated heterocycles. The summed E-state index contributed by atoms with van der Waals surface area (Å²) >= 11 is 5.96. The lowest BCUT2D eigenvalue weighted by Crippen LogP contribution is -2.09. The van der Waals surface area contributed by atoms with E-state index in [1.54, 1.807) is 35.2 Å². The monoisotopic (exact) mass is 401 g/mol. The zero-order valence-electron chi connectivity index (χ0n) is 15.8. The smallest absolute Gasteiger partial charge is 0.268 e. The van der Waals surface area contributed by atoms with Crippen LogP contribution in [0, 0.1) is 18.3 Å². The fourth-order valence-corrected chi connectivity index (χ4v) is 3.38. The van der Waals surface area contributed by atoms with Gasteiger partial charge in [-0.15, -0.1) is 0 Å². The molecule has 0 aliphatic heterocycles. The first-order chi connectivity index (χ1) is 14.0. The number of aryl methyl sites for hydroxylation is 2. The second-order valence-corrected chi connectivity index (χ2v) is 7.08. The Bertz CT molecular complexity index is 1360. The average molecular weight is 402 g/mol. The quantitative estimate of drug-likeness (QED) is 0.517. The summed E-state index contributed by atoms with van der Waals surface area (Å²) in [7, 11) is 1.82. The van der Waals surface area contributed by atoms with Crippen molar-refractivity contribution in [3.8, 4) is 17.2 Å². The third-order valence-electron chi connectivity index (χ3n) is 4.83. The van der Waals surface area contributed by atoms with Gasteiger partial charge in [0, 0.05) is 23.0 Å². The van der Waals surface area contributed by atoms with Crippen molar-refractivity contribution in [3.05, 3.63) is 81.0 Å². The third-order valence-corrected chi connectivity index (χ3v) is 5.08. The average Bonchev–Trinajstić information content (AvgIpc) is 3.09. The molecule has 142 valence electrons. The van der Waals surface area contributed by atoms with Crippen molar-refractivity contribution in [2.24, 2.45) is 7.05 Å². The van der Waals surface area contributed by atoms with E-state index in [4.69, 9.17) is 11.6 Å². The first-order valence-corrected chi connectivity index (χ1v) is 9.25. The highest BCUT2D eigenvalue weighted by molar-refractivity contribution is 6.30. The molecule has 1 N–H and O–H groups in total. The lowest BCUT2D eigenvalue weighted by Gasteiger charge is -2.07. The molecule has 0 bridgehead atoms. The van der Waals surface area contributed by atoms with Gasteiger partial charge in [-0.2, -0.15) is 15.5 Å². The lowest BCUT2D eigenvalue weighted by atomic mass is 9.99. The van der Waals surface area contributed by atoms with Crippen molar-refractivity contribution in [2.75, 3.05) is 0 Å². The van der Waals surface area contributed by atoms with E-state index in [0.29, 0.717) is 16.0 Å². The number of nitrogens with one attached hydrogen (secondary N) is 1. The van der Waals surface area contributed by atoms with Gasteiger partial charge >= 0.3 is 0 Å². The number of fused-ring (bicyclic) bond motifs is 1. The van der Waals surface area contributed by atoms with Gasteiger partial charge in [0.15, 0.2) is 0 Å². The van der Waals surface area contributed by atoms with E-state index in [1.165, 1.54) is 0 Å². The summed E-state index contributed by atoms with van der Waals surface area (Å²) in [6, 6.07) is 15.0. The number of allylic oxidation sites excluding steroid dienone is 1. The van der Waals surface area contributed by atoms with Crippen molar-refractivity contribution in [1.82, 2.24) is 20.0 Å². The molecule has 2 aromatic carbocycles. The second-order valence-electron chi connectivity index (χ2n) is 6.64. The zero-order chi connectivity index (χ0) is 20.5. The van der Waals surface area contributed by atoms with Gasteiger partial charge in [-0.1, -0.05) is 29.8 Å². The molecule has 0 aliphatic rings. The van der Waals surface area contributed by atoms with Crippen LogP contribution in [0.4, 0.5) is 0 Å². The van der Waals surface area contributed by atoms with Crippen LogP contribution >= 0.6 is 11.6 Å². The number of rotatable bonds is 3. The first-order valence-electron chi connectivity index (χ1n) is 8.87. The minimum Gasteiger partial charge on any atom is -0.268 e. The van der Waals surface area contributed by atoms with Crippen LogP contribution in [0.1, 0.15) is 17.0 Å². The maximum atomic E-state index is 12.0. The number of aromatic amines is 1. The van der Waals surface area contributed by atoms with Gasteiger partial charge < -0.3 is 0 Å². The molecule has 0 aliphatic carbocycles. The van der Waals surface area contributed by atoms with Gasteiger partial charge in [-0.05, 0) is 48.4 Å². The number of hydrogen-bond acceptors (Lipinski definition) is 4. The van der Waals surface area contributed by atoms with Crippen molar-refractivity contribution >= 4 is 34.0 Å². The minimum absolute atomic E-state index is 0.224. The van der Waals surface area contributed by atoms with Gasteiger partial charge in [0.1, 0.15) is 0 Å². The molecule has 4 rings (SSSR count). The molecule has 29 heavy (non-hydrogen) atoms. The Kier molecular flexibility index (Phi) is 4.75. The summed E-state index contributed by atoms with van der Waals surface area (Å²) in [5.41, 5.74) is 4.32. The highest BCUT2D eigenvalue weighted by Crippen LogP contribution is 2.29. The molecule has 0 fully saturated rings. The molecular weight excluding hydrogens is 386 g/mol. The Morgan fingerprint density at radius 1 is 1.21 bits per heavy atom. The van der Waals surface area contributed by atoms with E-state index in [1.807, 2.05) is 38.2 Å². The molecule has 7 heteroatoms. The van der Waals surface area contributed by atoms with Gasteiger partial charge in [-0.25, -0.2) is 5.10 Å². The molecular formula is C22H16ClN5O. The van der Waals surface area contributed by atoms with Gasteiger partial charge in [0.05, 0.1) is 34.6 Å². The van der Waals surface area contributed by atoms with Crippen molar-refractivity contribution < 1.29 is 0 Å². The summed E-state index contributed by atoms with van der Waals surface area (Å²) in [6.07, 6.45) is 3.55. The highest BCUT2D eigenvalue weighted by atomic mass is 35.5. The predicted molar refractivity (Wildman–Crippen MR) is 114 cm³/mol. The fourth-order valence-electron chi connectivity index (χ4n) is 3.25. The number of nitriles is 1. The Labute approximate surface area is 171 Å². The van der Waals surface area contributed by atoms with Crippen LogP contribution in [0.25, 0.3) is 33.5 Å². The normalized spacial score (nSPS) is 11.6. The van der Waals surface area contributed by atoms with Crippen LogP contribution in [0.5, 0.6) is 0 Å². The summed E-state index contributed by atoms with van der Waals surface area (Å²) in [6.45, 7) is 1.85. The van der Waals surface area contributed by atoms with E-state index in [-0.39, 0.29) is 5.56 Å². The molecule has 0 spiro atoms. The molecule has 0 amide bonds. The van der Waals surface area contributed by atoms with Gasteiger partial charge in [0.25, 0.3) is 5.56 Å². The molecule has 0 saturated carbocycles. The van der Waals surface area contributed by atoms with Crippen LogP contribution in [0.15, 0.2) is 53.5 Å².